The summed E-state index contributed by atoms with van der Waals surface area (Å²) in [4.78, 5) is 107. The van der Waals surface area contributed by atoms with Gasteiger partial charge in [0.1, 0.15) is 12.7 Å². The second-order valence-electron chi connectivity index (χ2n) is 18.1. The fourth-order valence-corrected chi connectivity index (χ4v) is 9.61. The molecule has 3 aromatic rings. The van der Waals surface area contributed by atoms with E-state index in [2.05, 4.69) is 34.9 Å². The minimum Gasteiger partial charge on any atom is -0.469 e. The fourth-order valence-electron chi connectivity index (χ4n) is 9.61. The van der Waals surface area contributed by atoms with Crippen LogP contribution in [0.4, 0.5) is 0 Å². The number of nitrogens with one attached hydrogen (secondary N) is 3. The maximum absolute atomic E-state index is 14.4. The van der Waals surface area contributed by atoms with Crippen LogP contribution < -0.4 is 5.32 Å². The lowest BCUT2D eigenvalue weighted by molar-refractivity contribution is -0.308. The number of fused-ring (bicyclic) bond motifs is 8. The monoisotopic (exact) mass is 1010 g/mol. The highest BCUT2D eigenvalue weighted by molar-refractivity contribution is 6.25. The summed E-state index contributed by atoms with van der Waals surface area (Å²) in [6.07, 6.45) is -4.13. The maximum Gasteiger partial charge on any atom is 0.340 e. The Bertz CT molecular complexity index is 2880. The van der Waals surface area contributed by atoms with Gasteiger partial charge in [-0.25, -0.2) is 9.78 Å². The number of ether oxygens (including phenoxy) is 8. The van der Waals surface area contributed by atoms with Crippen LogP contribution in [0.25, 0.3) is 39.3 Å². The number of carbonyl (C=O) groups excluding carboxylic acids is 7. The molecule has 3 aliphatic heterocycles. The summed E-state index contributed by atoms with van der Waals surface area (Å²) >= 11 is 0. The molecular weight excluding hydrogens is 947 g/mol. The van der Waals surface area contributed by atoms with Crippen LogP contribution in [0.3, 0.4) is 0 Å². The van der Waals surface area contributed by atoms with E-state index in [9.17, 15) is 33.6 Å². The summed E-state index contributed by atoms with van der Waals surface area (Å²) in [7, 11) is 2.60. The summed E-state index contributed by atoms with van der Waals surface area (Å²) in [6, 6.07) is 5.91. The molecule has 8 bridgehead atoms. The molecule has 0 aromatic carbocycles. The van der Waals surface area contributed by atoms with Crippen LogP contribution in [0.5, 0.6) is 0 Å². The van der Waals surface area contributed by atoms with Crippen molar-refractivity contribution in [1.29, 1.82) is 0 Å². The molecule has 20 nitrogen and oxygen atoms in total. The van der Waals surface area contributed by atoms with Gasteiger partial charge in [-0.1, -0.05) is 26.5 Å². The highest BCUT2D eigenvalue weighted by Gasteiger charge is 2.53. The summed E-state index contributed by atoms with van der Waals surface area (Å²) in [5, 5.41) is 2.93. The lowest BCUT2D eigenvalue weighted by Crippen LogP contribution is -2.63. The third kappa shape index (κ3) is 12.5. The second kappa shape index (κ2) is 24.0. The van der Waals surface area contributed by atoms with Gasteiger partial charge in [-0.15, -0.1) is 0 Å². The van der Waals surface area contributed by atoms with E-state index in [0.29, 0.717) is 41.1 Å². The molecule has 0 saturated carbocycles. The van der Waals surface area contributed by atoms with E-state index in [1.54, 1.807) is 6.92 Å². The second-order valence-corrected chi connectivity index (χ2v) is 18.1. The van der Waals surface area contributed by atoms with Crippen molar-refractivity contribution in [2.45, 2.75) is 137 Å². The van der Waals surface area contributed by atoms with Crippen molar-refractivity contribution in [3.63, 3.8) is 0 Å². The molecule has 3 aliphatic rings. The third-order valence-corrected chi connectivity index (χ3v) is 13.2. The number of aromatic amines is 2. The van der Waals surface area contributed by atoms with Gasteiger partial charge in [0.2, 0.25) is 5.91 Å². The highest BCUT2D eigenvalue weighted by Crippen LogP contribution is 2.44. The number of amides is 1. The summed E-state index contributed by atoms with van der Waals surface area (Å²) in [6.45, 7) is 18.0. The van der Waals surface area contributed by atoms with Gasteiger partial charge < -0.3 is 53.2 Å². The molecule has 0 radical (unpaired) electrons. The molecule has 3 aromatic heterocycles. The molecule has 73 heavy (non-hydrogen) atoms. The van der Waals surface area contributed by atoms with Gasteiger partial charge in [0.05, 0.1) is 49.9 Å². The SMILES string of the molecule is C=Cc1c(C)c2cc3nc(c(CC(=O)NCCCO[C@@H]4O[C@H](COC(C)=O)[C@@H](OC(C)=O)[C@H](OC(C)=O)[C@H]4OC(C)=O)c4nc(cc5[nH]c(cc1[nH]2)c(C)c5CC)C(C)=C4C(=O)OC)[C@@H](CCC(=O)OC)[C@@H]3C. The minimum atomic E-state index is -1.43. The van der Waals surface area contributed by atoms with Crippen molar-refractivity contribution < 1.29 is 71.5 Å². The van der Waals surface area contributed by atoms with Gasteiger partial charge >= 0.3 is 35.8 Å². The average molecular weight is 1010 g/mol. The molecule has 1 amide bonds. The predicted octanol–water partition coefficient (Wildman–Crippen LogP) is 6.23. The van der Waals surface area contributed by atoms with Crippen molar-refractivity contribution >= 4 is 81.0 Å². The molecule has 20 heteroatoms. The number of allylic oxidation sites excluding steroid dienone is 1. The molecule has 7 atom stereocenters. The zero-order valence-corrected chi connectivity index (χ0v) is 43.2. The van der Waals surface area contributed by atoms with E-state index >= 15 is 0 Å². The number of hydrogen-bond donors (Lipinski definition) is 3. The molecule has 1 fully saturated rings. The summed E-state index contributed by atoms with van der Waals surface area (Å²) in [5.41, 5.74) is 10.1. The number of nitrogens with zero attached hydrogens (tertiary/aromatic N) is 2. The van der Waals surface area contributed by atoms with Crippen molar-refractivity contribution in [2.75, 3.05) is 34.0 Å². The van der Waals surface area contributed by atoms with Gasteiger partial charge in [0, 0.05) is 91.4 Å². The number of hydrogen-bond acceptors (Lipinski definition) is 17. The number of aryl methyl sites for hydroxylation is 3. The van der Waals surface area contributed by atoms with Crippen molar-refractivity contribution in [1.82, 2.24) is 25.3 Å². The Morgan fingerprint density at radius 2 is 1.45 bits per heavy atom. The number of methoxy groups -OCH3 is 2. The van der Waals surface area contributed by atoms with Gasteiger partial charge in [-0.3, -0.25) is 33.8 Å². The van der Waals surface area contributed by atoms with Crippen molar-refractivity contribution in [2.24, 2.45) is 0 Å². The molecule has 6 heterocycles. The molecule has 6 rings (SSSR count). The molecule has 0 aliphatic carbocycles. The van der Waals surface area contributed by atoms with Gasteiger partial charge in [-0.2, -0.15) is 0 Å². The van der Waals surface area contributed by atoms with E-state index in [1.807, 2.05) is 39.0 Å². The lowest BCUT2D eigenvalue weighted by atomic mass is 9.84. The largest absolute Gasteiger partial charge is 0.469 e. The zero-order valence-electron chi connectivity index (χ0n) is 43.2. The zero-order chi connectivity index (χ0) is 53.4. The van der Waals surface area contributed by atoms with E-state index in [-0.39, 0.29) is 49.6 Å². The highest BCUT2D eigenvalue weighted by atomic mass is 16.7. The summed E-state index contributed by atoms with van der Waals surface area (Å²) in [5.74, 6) is -5.29. The van der Waals surface area contributed by atoms with Gasteiger partial charge in [-0.05, 0) is 80.5 Å². The number of rotatable bonds is 18. The quantitative estimate of drug-likeness (QED) is 0.0724. The van der Waals surface area contributed by atoms with Crippen LogP contribution >= 0.6 is 0 Å². The smallest absolute Gasteiger partial charge is 0.340 e. The van der Waals surface area contributed by atoms with Gasteiger partial charge in [0.25, 0.3) is 0 Å². The van der Waals surface area contributed by atoms with Crippen LogP contribution in [-0.2, 0) is 84.3 Å². The first-order valence-corrected chi connectivity index (χ1v) is 24.1. The van der Waals surface area contributed by atoms with E-state index in [0.717, 1.165) is 65.1 Å². The van der Waals surface area contributed by atoms with Crippen molar-refractivity contribution in [3.8, 4) is 0 Å². The first-order chi connectivity index (χ1) is 34.7. The Morgan fingerprint density at radius 3 is 2.08 bits per heavy atom. The molecule has 0 spiro atoms. The number of esters is 6. The number of aromatic nitrogens is 4. The van der Waals surface area contributed by atoms with E-state index in [1.165, 1.54) is 21.1 Å². The van der Waals surface area contributed by atoms with Crippen LogP contribution in [0.15, 0.2) is 24.8 Å². The van der Waals surface area contributed by atoms with E-state index < -0.39 is 85.0 Å². The molecule has 0 unspecified atom stereocenters. The average Bonchev–Trinajstić information content (AvgIpc) is 4.02. The Kier molecular flexibility index (Phi) is 18.1. The third-order valence-electron chi connectivity index (χ3n) is 13.2. The Morgan fingerprint density at radius 1 is 0.795 bits per heavy atom. The van der Waals surface area contributed by atoms with Crippen LogP contribution in [0.2, 0.25) is 0 Å². The molecular formula is C53H65N5O15. The molecule has 3 N–H and O–H groups in total. The van der Waals surface area contributed by atoms with Crippen LogP contribution in [-0.4, -0.2) is 126 Å². The number of H-pyrrole nitrogens is 2. The van der Waals surface area contributed by atoms with Crippen LogP contribution in [0.1, 0.15) is 130 Å². The van der Waals surface area contributed by atoms with Crippen LogP contribution in [0, 0.1) is 13.8 Å². The van der Waals surface area contributed by atoms with E-state index in [4.69, 9.17) is 47.9 Å². The maximum atomic E-state index is 14.4. The standard InChI is InChI=1S/C53H65N5O15/c1-13-33-25(3)37-21-39-27(5)35(16-17-45(64)66-11)47(57-39)36(48-46(52(65)67-12)28(6)40(58-48)23-42-34(14-2)26(4)38(56-42)22-41(33)55-37)20-44(63)54-18-15-19-68-53-51(72-32(10)62)50(71-31(9)61)49(70-30(8)60)43(73-53)24-69-29(7)59/h13,21-23,27,35,43,49-51,53,55-56H,1,14-20,24H2,2-12H3,(H,54,63)/t27-,35-,43+,49+,50-,51+,53+/m0/s1. The number of carbonyl (C=O) groups is 7. The van der Waals surface area contributed by atoms with Crippen molar-refractivity contribution in [3.05, 3.63) is 75.4 Å². The normalized spacial score (nSPS) is 20.4. The minimum absolute atomic E-state index is 0.0406. The first-order valence-electron chi connectivity index (χ1n) is 24.1. The Hall–Kier alpha value is -7.19. The van der Waals surface area contributed by atoms with Gasteiger partial charge in [0.15, 0.2) is 24.6 Å². The fraction of sp³-hybridized carbons (Fsp3) is 0.491. The molecule has 392 valence electrons. The first kappa shape index (κ1) is 55.1. The predicted molar refractivity (Wildman–Crippen MR) is 266 cm³/mol. The Balaban J connectivity index is 1.42. The lowest BCUT2D eigenvalue weighted by Gasteiger charge is -2.44. The topological polar surface area (TPSA) is 263 Å². The molecule has 1 saturated heterocycles. The summed E-state index contributed by atoms with van der Waals surface area (Å²) < 4.78 is 44.1. The Labute approximate surface area is 422 Å².